The van der Waals surface area contributed by atoms with Crippen LogP contribution >= 0.6 is 0 Å². The average molecular weight is 189 g/mol. The first-order valence-electron chi connectivity index (χ1n) is 5.56. The number of rotatable bonds is 4. The van der Waals surface area contributed by atoms with Crippen LogP contribution in [0.2, 0.25) is 0 Å². The van der Waals surface area contributed by atoms with Crippen molar-refractivity contribution in [2.24, 2.45) is 0 Å². The summed E-state index contributed by atoms with van der Waals surface area (Å²) in [6.07, 6.45) is 6.18. The minimum absolute atomic E-state index is 1.21. The second-order valence-corrected chi connectivity index (χ2v) is 4.08. The Bertz CT molecular complexity index is 297. The molecule has 0 spiro atoms. The second-order valence-electron chi connectivity index (χ2n) is 4.08. The number of aryl methyl sites for hydroxylation is 2. The number of unbranched alkanes of at least 4 members (excludes halogenated alkanes) is 2. The van der Waals surface area contributed by atoms with E-state index in [1.807, 2.05) is 0 Å². The van der Waals surface area contributed by atoms with Crippen molar-refractivity contribution in [3.8, 4) is 0 Å². The SMILES string of the molecule is CCCC[CH]c1c(C)ccc(C)c1C. The van der Waals surface area contributed by atoms with Gasteiger partial charge in [0, 0.05) is 0 Å². The molecule has 0 aromatic heterocycles. The predicted molar refractivity (Wildman–Crippen MR) is 63.6 cm³/mol. The summed E-state index contributed by atoms with van der Waals surface area (Å²) in [5.41, 5.74) is 5.71. The highest BCUT2D eigenvalue weighted by Crippen LogP contribution is 2.21. The van der Waals surface area contributed by atoms with Crippen molar-refractivity contribution in [1.29, 1.82) is 0 Å². The van der Waals surface area contributed by atoms with Gasteiger partial charge in [-0.2, -0.15) is 0 Å². The Morgan fingerprint density at radius 1 is 1.07 bits per heavy atom. The van der Waals surface area contributed by atoms with E-state index in [1.165, 1.54) is 41.5 Å². The molecule has 0 atom stereocenters. The van der Waals surface area contributed by atoms with Crippen molar-refractivity contribution >= 4 is 0 Å². The summed E-state index contributed by atoms with van der Waals surface area (Å²) in [6, 6.07) is 4.43. The minimum Gasteiger partial charge on any atom is -0.0654 e. The molecule has 0 saturated carbocycles. The van der Waals surface area contributed by atoms with Crippen molar-refractivity contribution in [3.63, 3.8) is 0 Å². The third-order valence-corrected chi connectivity index (χ3v) is 2.91. The van der Waals surface area contributed by atoms with Gasteiger partial charge in [0.2, 0.25) is 0 Å². The number of hydrogen-bond acceptors (Lipinski definition) is 0. The Labute approximate surface area is 88.4 Å². The fourth-order valence-electron chi connectivity index (χ4n) is 1.74. The largest absolute Gasteiger partial charge is 0.0654 e. The predicted octanol–water partition coefficient (Wildman–Crippen LogP) is 4.35. The minimum atomic E-state index is 1.21. The smallest absolute Gasteiger partial charge is 0.00875 e. The van der Waals surface area contributed by atoms with Crippen LogP contribution < -0.4 is 0 Å². The molecule has 1 radical (unpaired) electrons. The maximum atomic E-state index is 2.39. The van der Waals surface area contributed by atoms with Crippen LogP contribution in [0.3, 0.4) is 0 Å². The zero-order chi connectivity index (χ0) is 10.6. The van der Waals surface area contributed by atoms with Gasteiger partial charge in [0.1, 0.15) is 0 Å². The number of hydrogen-bond donors (Lipinski definition) is 0. The number of benzene rings is 1. The summed E-state index contributed by atoms with van der Waals surface area (Å²) in [7, 11) is 0. The van der Waals surface area contributed by atoms with Crippen molar-refractivity contribution in [1.82, 2.24) is 0 Å². The monoisotopic (exact) mass is 189 g/mol. The molecule has 1 aromatic carbocycles. The molecule has 0 fully saturated rings. The highest BCUT2D eigenvalue weighted by atomic mass is 14.1. The molecule has 77 valence electrons. The Hall–Kier alpha value is -0.780. The third kappa shape index (κ3) is 2.60. The van der Waals surface area contributed by atoms with Gasteiger partial charge >= 0.3 is 0 Å². The van der Waals surface area contributed by atoms with Gasteiger partial charge in [0.05, 0.1) is 0 Å². The van der Waals surface area contributed by atoms with Gasteiger partial charge in [0.15, 0.2) is 0 Å². The zero-order valence-corrected chi connectivity index (χ0v) is 9.85. The van der Waals surface area contributed by atoms with E-state index in [9.17, 15) is 0 Å². The fraction of sp³-hybridized carbons (Fsp3) is 0.500. The highest BCUT2D eigenvalue weighted by molar-refractivity contribution is 5.43. The van der Waals surface area contributed by atoms with Crippen LogP contribution in [-0.4, -0.2) is 0 Å². The quantitative estimate of drug-likeness (QED) is 0.617. The molecule has 0 N–H and O–H groups in total. The van der Waals surface area contributed by atoms with Crippen LogP contribution in [0.5, 0.6) is 0 Å². The summed E-state index contributed by atoms with van der Waals surface area (Å²) >= 11 is 0. The van der Waals surface area contributed by atoms with Gasteiger partial charge in [-0.25, -0.2) is 0 Å². The van der Waals surface area contributed by atoms with Crippen LogP contribution in [0.4, 0.5) is 0 Å². The summed E-state index contributed by atoms with van der Waals surface area (Å²) in [6.45, 7) is 8.85. The van der Waals surface area contributed by atoms with Gasteiger partial charge in [-0.15, -0.1) is 0 Å². The van der Waals surface area contributed by atoms with Gasteiger partial charge < -0.3 is 0 Å². The molecule has 0 amide bonds. The molecule has 0 aliphatic carbocycles. The first-order valence-corrected chi connectivity index (χ1v) is 5.56. The van der Waals surface area contributed by atoms with E-state index < -0.39 is 0 Å². The lowest BCUT2D eigenvalue weighted by Gasteiger charge is -2.11. The Morgan fingerprint density at radius 2 is 1.71 bits per heavy atom. The molecule has 0 aliphatic rings. The Morgan fingerprint density at radius 3 is 2.36 bits per heavy atom. The molecule has 1 aromatic rings. The molecule has 0 aliphatic heterocycles. The molecule has 0 nitrogen and oxygen atoms in total. The zero-order valence-electron chi connectivity index (χ0n) is 9.85. The van der Waals surface area contributed by atoms with Crippen LogP contribution in [0, 0.1) is 27.2 Å². The maximum absolute atomic E-state index is 2.39. The van der Waals surface area contributed by atoms with E-state index in [1.54, 1.807) is 0 Å². The Balaban J connectivity index is 2.79. The first-order chi connectivity index (χ1) is 6.66. The average Bonchev–Trinajstić information content (AvgIpc) is 2.18. The molecule has 1 rings (SSSR count). The third-order valence-electron chi connectivity index (χ3n) is 2.91. The lowest BCUT2D eigenvalue weighted by molar-refractivity contribution is 0.788. The van der Waals surface area contributed by atoms with Crippen molar-refractivity contribution in [2.45, 2.75) is 47.0 Å². The van der Waals surface area contributed by atoms with Crippen LogP contribution in [0.25, 0.3) is 0 Å². The lowest BCUT2D eigenvalue weighted by atomic mass is 9.94. The van der Waals surface area contributed by atoms with Gasteiger partial charge in [-0.1, -0.05) is 31.9 Å². The summed E-state index contributed by atoms with van der Waals surface area (Å²) in [5, 5.41) is 0. The summed E-state index contributed by atoms with van der Waals surface area (Å²) in [4.78, 5) is 0. The van der Waals surface area contributed by atoms with Crippen molar-refractivity contribution in [3.05, 3.63) is 40.8 Å². The van der Waals surface area contributed by atoms with Crippen molar-refractivity contribution in [2.75, 3.05) is 0 Å². The van der Waals surface area contributed by atoms with Crippen molar-refractivity contribution < 1.29 is 0 Å². The topological polar surface area (TPSA) is 0 Å². The second kappa shape index (κ2) is 5.19. The van der Waals surface area contributed by atoms with E-state index in [0.717, 1.165) is 0 Å². The molecule has 0 unspecified atom stereocenters. The van der Waals surface area contributed by atoms with E-state index in [2.05, 4.69) is 46.2 Å². The van der Waals surface area contributed by atoms with Crippen LogP contribution in [-0.2, 0) is 0 Å². The van der Waals surface area contributed by atoms with E-state index in [0.29, 0.717) is 0 Å². The molecular weight excluding hydrogens is 168 g/mol. The first kappa shape index (κ1) is 11.3. The molecule has 0 heteroatoms. The summed E-state index contributed by atoms with van der Waals surface area (Å²) < 4.78 is 0. The normalized spacial score (nSPS) is 10.6. The van der Waals surface area contributed by atoms with Gasteiger partial charge in [-0.3, -0.25) is 0 Å². The highest BCUT2D eigenvalue weighted by Gasteiger charge is 2.04. The molecule has 0 saturated heterocycles. The standard InChI is InChI=1S/C14H21/c1-5-6-7-8-14-12(3)10-9-11(2)13(14)4/h8-10H,5-7H2,1-4H3. The molecular formula is C14H21. The molecule has 0 bridgehead atoms. The Kier molecular flexibility index (Phi) is 4.19. The van der Waals surface area contributed by atoms with E-state index in [4.69, 9.17) is 0 Å². The molecule has 14 heavy (non-hydrogen) atoms. The van der Waals surface area contributed by atoms with Crippen LogP contribution in [0.15, 0.2) is 12.1 Å². The van der Waals surface area contributed by atoms with Gasteiger partial charge in [0.25, 0.3) is 0 Å². The van der Waals surface area contributed by atoms with E-state index in [-0.39, 0.29) is 0 Å². The lowest BCUT2D eigenvalue weighted by Crippen LogP contribution is -1.94. The fourth-order valence-corrected chi connectivity index (χ4v) is 1.74. The van der Waals surface area contributed by atoms with Crippen LogP contribution in [0.1, 0.15) is 48.4 Å². The maximum Gasteiger partial charge on any atom is -0.00875 e. The molecule has 0 heterocycles. The van der Waals surface area contributed by atoms with E-state index >= 15 is 0 Å². The van der Waals surface area contributed by atoms with Gasteiger partial charge in [-0.05, 0) is 55.9 Å². The summed E-state index contributed by atoms with van der Waals surface area (Å²) in [5.74, 6) is 0.